The van der Waals surface area contributed by atoms with Gasteiger partial charge in [0, 0.05) is 17.6 Å². The number of para-hydroxylation sites is 1. The molecule has 0 aliphatic heterocycles. The molecule has 0 unspecified atom stereocenters. The van der Waals surface area contributed by atoms with Crippen LogP contribution >= 0.6 is 11.6 Å². The Hall–Kier alpha value is -0.730. The Bertz CT molecular complexity index is 386. The topological polar surface area (TPSA) is 32.3 Å². The average Bonchev–Trinajstić information content (AvgIpc) is 3.04. The van der Waals surface area contributed by atoms with Crippen LogP contribution in [-0.2, 0) is 6.54 Å². The van der Waals surface area contributed by atoms with Crippen molar-refractivity contribution in [3.05, 3.63) is 28.8 Å². The molecule has 0 radical (unpaired) electrons. The number of phenols is 1. The molecule has 0 aromatic heterocycles. The van der Waals surface area contributed by atoms with Gasteiger partial charge in [-0.1, -0.05) is 23.7 Å². The van der Waals surface area contributed by atoms with E-state index >= 15 is 0 Å². The summed E-state index contributed by atoms with van der Waals surface area (Å²) in [4.78, 5) is 0. The van der Waals surface area contributed by atoms with Crippen molar-refractivity contribution < 1.29 is 5.11 Å². The van der Waals surface area contributed by atoms with Crippen LogP contribution < -0.4 is 5.32 Å². The second-order valence-electron chi connectivity index (χ2n) is 5.10. The Kier molecular flexibility index (Phi) is 3.13. The van der Waals surface area contributed by atoms with Crippen LogP contribution in [0.1, 0.15) is 32.3 Å². The predicted molar refractivity (Wildman–Crippen MR) is 66.8 cm³/mol. The number of nitrogens with one attached hydrogen (secondary N) is 1. The van der Waals surface area contributed by atoms with E-state index in [9.17, 15) is 5.11 Å². The van der Waals surface area contributed by atoms with Crippen LogP contribution in [0, 0.1) is 5.92 Å². The quantitative estimate of drug-likeness (QED) is 0.845. The molecule has 0 heterocycles. The lowest BCUT2D eigenvalue weighted by atomic mass is 9.98. The number of phenolic OH excluding ortho intramolecular Hbond substituents is 1. The molecule has 3 heteroatoms. The number of benzene rings is 1. The molecule has 1 fully saturated rings. The van der Waals surface area contributed by atoms with E-state index in [2.05, 4.69) is 19.2 Å². The van der Waals surface area contributed by atoms with Crippen molar-refractivity contribution in [3.63, 3.8) is 0 Å². The number of aromatic hydroxyl groups is 1. The summed E-state index contributed by atoms with van der Waals surface area (Å²) in [5.41, 5.74) is 1.01. The molecular formula is C13H18ClNO. The van der Waals surface area contributed by atoms with Gasteiger partial charge in [0.1, 0.15) is 5.75 Å². The normalized spacial score (nSPS) is 16.4. The second-order valence-corrected chi connectivity index (χ2v) is 5.50. The maximum atomic E-state index is 9.78. The minimum Gasteiger partial charge on any atom is -0.506 e. The van der Waals surface area contributed by atoms with E-state index in [-0.39, 0.29) is 11.3 Å². The van der Waals surface area contributed by atoms with E-state index in [4.69, 9.17) is 11.6 Å². The summed E-state index contributed by atoms with van der Waals surface area (Å²) in [5, 5.41) is 13.7. The summed E-state index contributed by atoms with van der Waals surface area (Å²) >= 11 is 5.86. The van der Waals surface area contributed by atoms with E-state index in [1.807, 2.05) is 12.1 Å². The second kappa shape index (κ2) is 4.27. The van der Waals surface area contributed by atoms with Crippen LogP contribution in [0.25, 0.3) is 0 Å². The van der Waals surface area contributed by atoms with Gasteiger partial charge in [-0.25, -0.2) is 0 Å². The Morgan fingerprint density at radius 1 is 1.44 bits per heavy atom. The Balaban J connectivity index is 2.01. The molecule has 88 valence electrons. The monoisotopic (exact) mass is 239 g/mol. The fraction of sp³-hybridized carbons (Fsp3) is 0.538. The third kappa shape index (κ3) is 2.50. The average molecular weight is 240 g/mol. The van der Waals surface area contributed by atoms with Gasteiger partial charge >= 0.3 is 0 Å². The number of hydrogen-bond acceptors (Lipinski definition) is 2. The molecule has 1 aliphatic rings. The van der Waals surface area contributed by atoms with Gasteiger partial charge in [-0.3, -0.25) is 0 Å². The Morgan fingerprint density at radius 2 is 2.12 bits per heavy atom. The highest BCUT2D eigenvalue weighted by Gasteiger charge is 2.37. The van der Waals surface area contributed by atoms with Crippen molar-refractivity contribution in [1.29, 1.82) is 0 Å². The predicted octanol–water partition coefficient (Wildman–Crippen LogP) is 3.32. The highest BCUT2D eigenvalue weighted by Crippen LogP contribution is 2.39. The summed E-state index contributed by atoms with van der Waals surface area (Å²) in [5.74, 6) is 0.970. The number of hydrogen-bond donors (Lipinski definition) is 2. The summed E-state index contributed by atoms with van der Waals surface area (Å²) < 4.78 is 0. The molecule has 0 amide bonds. The fourth-order valence-electron chi connectivity index (χ4n) is 1.98. The molecule has 0 atom stereocenters. The van der Waals surface area contributed by atoms with E-state index in [0.29, 0.717) is 11.6 Å². The largest absolute Gasteiger partial charge is 0.506 e. The lowest BCUT2D eigenvalue weighted by Gasteiger charge is -2.26. The molecule has 2 N–H and O–H groups in total. The van der Waals surface area contributed by atoms with Crippen LogP contribution in [-0.4, -0.2) is 10.6 Å². The minimum atomic E-state index is 0.148. The Labute approximate surface area is 102 Å². The van der Waals surface area contributed by atoms with Gasteiger partial charge in [0.15, 0.2) is 0 Å². The lowest BCUT2D eigenvalue weighted by molar-refractivity contribution is 0.336. The van der Waals surface area contributed by atoms with E-state index in [1.165, 1.54) is 12.8 Å². The summed E-state index contributed by atoms with van der Waals surface area (Å²) in [6.45, 7) is 5.09. The van der Waals surface area contributed by atoms with E-state index in [1.54, 1.807) is 6.07 Å². The third-order valence-corrected chi connectivity index (χ3v) is 3.71. The molecule has 1 aromatic rings. The number of rotatable bonds is 4. The summed E-state index contributed by atoms with van der Waals surface area (Å²) in [7, 11) is 0. The van der Waals surface area contributed by atoms with Gasteiger partial charge in [-0.15, -0.1) is 0 Å². The first-order valence-electron chi connectivity index (χ1n) is 5.72. The molecule has 1 saturated carbocycles. The minimum absolute atomic E-state index is 0.148. The zero-order valence-corrected chi connectivity index (χ0v) is 10.5. The standard InChI is InChI=1S/C13H18ClNO/c1-13(2,10-6-7-10)15-8-9-4-3-5-11(14)12(9)16/h3-5,10,15-16H,6-8H2,1-2H3. The molecule has 0 saturated heterocycles. The summed E-state index contributed by atoms with van der Waals surface area (Å²) in [6.07, 6.45) is 2.61. The van der Waals surface area contributed by atoms with Crippen molar-refractivity contribution in [2.24, 2.45) is 5.92 Å². The van der Waals surface area contributed by atoms with Gasteiger partial charge in [0.25, 0.3) is 0 Å². The van der Waals surface area contributed by atoms with Crippen molar-refractivity contribution in [2.45, 2.75) is 38.8 Å². The highest BCUT2D eigenvalue weighted by atomic mass is 35.5. The van der Waals surface area contributed by atoms with Gasteiger partial charge in [-0.2, -0.15) is 0 Å². The van der Waals surface area contributed by atoms with Crippen molar-refractivity contribution in [2.75, 3.05) is 0 Å². The number of halogens is 1. The first kappa shape index (κ1) is 11.7. The molecular weight excluding hydrogens is 222 g/mol. The molecule has 2 rings (SSSR count). The van der Waals surface area contributed by atoms with Crippen molar-refractivity contribution >= 4 is 11.6 Å². The van der Waals surface area contributed by atoms with Crippen molar-refractivity contribution in [3.8, 4) is 5.75 Å². The molecule has 16 heavy (non-hydrogen) atoms. The van der Waals surface area contributed by atoms with Gasteiger partial charge in [-0.05, 0) is 38.7 Å². The zero-order chi connectivity index (χ0) is 11.8. The van der Waals surface area contributed by atoms with Crippen LogP contribution in [0.15, 0.2) is 18.2 Å². The van der Waals surface area contributed by atoms with Gasteiger partial charge in [0.2, 0.25) is 0 Å². The first-order valence-corrected chi connectivity index (χ1v) is 6.10. The Morgan fingerprint density at radius 3 is 2.75 bits per heavy atom. The maximum absolute atomic E-state index is 9.78. The first-order chi connectivity index (χ1) is 7.50. The van der Waals surface area contributed by atoms with Crippen LogP contribution in [0.3, 0.4) is 0 Å². The molecule has 1 aromatic carbocycles. The van der Waals surface area contributed by atoms with E-state index in [0.717, 1.165) is 11.5 Å². The summed E-state index contributed by atoms with van der Waals surface area (Å²) in [6, 6.07) is 5.47. The zero-order valence-electron chi connectivity index (χ0n) is 9.76. The van der Waals surface area contributed by atoms with Gasteiger partial charge < -0.3 is 10.4 Å². The highest BCUT2D eigenvalue weighted by molar-refractivity contribution is 6.32. The molecule has 0 bridgehead atoms. The van der Waals surface area contributed by atoms with Crippen LogP contribution in [0.4, 0.5) is 0 Å². The fourth-order valence-corrected chi connectivity index (χ4v) is 2.17. The van der Waals surface area contributed by atoms with Crippen LogP contribution in [0.2, 0.25) is 5.02 Å². The van der Waals surface area contributed by atoms with Gasteiger partial charge in [0.05, 0.1) is 5.02 Å². The molecule has 0 spiro atoms. The third-order valence-electron chi connectivity index (χ3n) is 3.40. The van der Waals surface area contributed by atoms with Crippen LogP contribution in [0.5, 0.6) is 5.75 Å². The molecule has 1 aliphatic carbocycles. The van der Waals surface area contributed by atoms with E-state index < -0.39 is 0 Å². The smallest absolute Gasteiger partial charge is 0.138 e. The van der Waals surface area contributed by atoms with Crippen molar-refractivity contribution in [1.82, 2.24) is 5.32 Å². The maximum Gasteiger partial charge on any atom is 0.138 e. The SMILES string of the molecule is CC(C)(NCc1cccc(Cl)c1O)C1CC1. The molecule has 2 nitrogen and oxygen atoms in total. The lowest BCUT2D eigenvalue weighted by Crippen LogP contribution is -2.40.